The van der Waals surface area contributed by atoms with Crippen LogP contribution < -0.4 is 16.0 Å². The molecule has 1 saturated heterocycles. The van der Waals surface area contributed by atoms with Crippen molar-refractivity contribution in [2.24, 2.45) is 0 Å². The van der Waals surface area contributed by atoms with Crippen LogP contribution >= 0.6 is 22.7 Å². The monoisotopic (exact) mass is 393 g/mol. The van der Waals surface area contributed by atoms with Crippen molar-refractivity contribution in [3.63, 3.8) is 0 Å². The molecule has 3 N–H and O–H groups in total. The Bertz CT molecular complexity index is 829. The summed E-state index contributed by atoms with van der Waals surface area (Å²) in [6.45, 7) is 4.14. The van der Waals surface area contributed by atoms with E-state index in [-0.39, 0.29) is 24.1 Å². The first kappa shape index (κ1) is 18.5. The van der Waals surface area contributed by atoms with Crippen molar-refractivity contribution in [1.82, 2.24) is 15.3 Å². The molecule has 2 aromatic rings. The van der Waals surface area contributed by atoms with E-state index in [4.69, 9.17) is 0 Å². The minimum atomic E-state index is -0.516. The molecule has 0 radical (unpaired) electrons. The number of anilines is 2. The van der Waals surface area contributed by atoms with Gasteiger partial charge in [-0.15, -0.1) is 22.7 Å². The fourth-order valence-corrected chi connectivity index (χ4v) is 3.94. The predicted octanol–water partition coefficient (Wildman–Crippen LogP) is 2.12. The number of carbonyl (C=O) groups excluding carboxylic acids is 3. The summed E-state index contributed by atoms with van der Waals surface area (Å²) >= 11 is 2.70. The van der Waals surface area contributed by atoms with Gasteiger partial charge in [-0.25, -0.2) is 9.97 Å². The average Bonchev–Trinajstić information content (AvgIpc) is 3.29. The normalized spacial score (nSPS) is 16.6. The van der Waals surface area contributed by atoms with Crippen molar-refractivity contribution in [1.29, 1.82) is 0 Å². The zero-order valence-corrected chi connectivity index (χ0v) is 16.0. The molecule has 3 amide bonds. The fourth-order valence-electron chi connectivity index (χ4n) is 2.39. The summed E-state index contributed by atoms with van der Waals surface area (Å²) in [6, 6.07) is -0.516. The molecule has 0 aromatic carbocycles. The molecular formula is C16H19N5O3S2. The maximum Gasteiger partial charge on any atom is 0.248 e. The van der Waals surface area contributed by atoms with E-state index < -0.39 is 6.04 Å². The molecule has 3 heterocycles. The van der Waals surface area contributed by atoms with Gasteiger partial charge >= 0.3 is 0 Å². The lowest BCUT2D eigenvalue weighted by Gasteiger charge is -2.08. The van der Waals surface area contributed by atoms with E-state index in [1.54, 1.807) is 11.6 Å². The lowest BCUT2D eigenvalue weighted by Crippen LogP contribution is -2.37. The summed E-state index contributed by atoms with van der Waals surface area (Å²) in [5.74, 6) is -0.247. The Balaban J connectivity index is 1.51. The number of rotatable bonds is 6. The highest BCUT2D eigenvalue weighted by molar-refractivity contribution is 7.15. The van der Waals surface area contributed by atoms with Crippen molar-refractivity contribution < 1.29 is 14.4 Å². The van der Waals surface area contributed by atoms with Crippen LogP contribution in [0, 0.1) is 0 Å². The molecule has 1 atom stereocenters. The third-order valence-corrected chi connectivity index (χ3v) is 5.79. The molecule has 138 valence electrons. The Labute approximate surface area is 158 Å². The van der Waals surface area contributed by atoms with E-state index in [9.17, 15) is 14.4 Å². The third-order valence-electron chi connectivity index (χ3n) is 3.77. The second-order valence-electron chi connectivity index (χ2n) is 6.24. The van der Waals surface area contributed by atoms with Gasteiger partial charge in [0.25, 0.3) is 0 Å². The van der Waals surface area contributed by atoms with Crippen molar-refractivity contribution in [2.75, 3.05) is 10.6 Å². The van der Waals surface area contributed by atoms with Gasteiger partial charge in [-0.2, -0.15) is 0 Å². The molecule has 1 fully saturated rings. The SMILES string of the molecule is CC(C)c1cnc(NC(=O)Cc2csc(NC(=O)C3CCC(=O)N3)n2)s1. The predicted molar refractivity (Wildman–Crippen MR) is 100 cm³/mol. The first-order chi connectivity index (χ1) is 12.4. The van der Waals surface area contributed by atoms with Gasteiger partial charge < -0.3 is 16.0 Å². The standard InChI is InChI=1S/C16H19N5O3S2/c1-8(2)11-6-17-15(26-11)20-13(23)5-9-7-25-16(18-9)21-14(24)10-3-4-12(22)19-10/h6-8,10H,3-5H2,1-2H3,(H,19,22)(H,17,20,23)(H,18,21,24). The number of hydrogen-bond donors (Lipinski definition) is 3. The summed E-state index contributed by atoms with van der Waals surface area (Å²) in [7, 11) is 0. The number of carbonyl (C=O) groups is 3. The quantitative estimate of drug-likeness (QED) is 0.696. The molecule has 0 spiro atoms. The van der Waals surface area contributed by atoms with Crippen LogP contribution in [0.4, 0.5) is 10.3 Å². The molecule has 2 aromatic heterocycles. The molecule has 26 heavy (non-hydrogen) atoms. The number of aromatic nitrogens is 2. The van der Waals surface area contributed by atoms with Gasteiger partial charge in [-0.05, 0) is 12.3 Å². The van der Waals surface area contributed by atoms with Gasteiger partial charge in [0.1, 0.15) is 6.04 Å². The molecule has 8 nitrogen and oxygen atoms in total. The zero-order chi connectivity index (χ0) is 18.7. The Morgan fingerprint density at radius 3 is 2.81 bits per heavy atom. The number of thiazole rings is 2. The van der Waals surface area contributed by atoms with Gasteiger partial charge in [0.2, 0.25) is 17.7 Å². The summed E-state index contributed by atoms with van der Waals surface area (Å²) in [4.78, 5) is 44.9. The molecular weight excluding hydrogens is 374 g/mol. The largest absolute Gasteiger partial charge is 0.344 e. The summed E-state index contributed by atoms with van der Waals surface area (Å²) < 4.78 is 0. The minimum Gasteiger partial charge on any atom is -0.344 e. The molecule has 3 rings (SSSR count). The Hall–Kier alpha value is -2.33. The highest BCUT2D eigenvalue weighted by atomic mass is 32.1. The first-order valence-electron chi connectivity index (χ1n) is 8.21. The van der Waals surface area contributed by atoms with Crippen LogP contribution in [0.2, 0.25) is 0 Å². The van der Waals surface area contributed by atoms with Crippen molar-refractivity contribution in [2.45, 2.75) is 45.1 Å². The fraction of sp³-hybridized carbons (Fsp3) is 0.438. The van der Waals surface area contributed by atoms with Gasteiger partial charge in [-0.3, -0.25) is 14.4 Å². The zero-order valence-electron chi connectivity index (χ0n) is 14.4. The lowest BCUT2D eigenvalue weighted by atomic mass is 10.2. The van der Waals surface area contributed by atoms with Gasteiger partial charge in [0, 0.05) is 22.9 Å². The molecule has 0 saturated carbocycles. The van der Waals surface area contributed by atoms with E-state index in [0.717, 1.165) is 4.88 Å². The van der Waals surface area contributed by atoms with E-state index in [0.29, 0.717) is 34.7 Å². The van der Waals surface area contributed by atoms with Crippen molar-refractivity contribution in [3.8, 4) is 0 Å². The van der Waals surface area contributed by atoms with Gasteiger partial charge in [-0.1, -0.05) is 13.8 Å². The third kappa shape index (κ3) is 4.64. The van der Waals surface area contributed by atoms with Gasteiger partial charge in [0.05, 0.1) is 12.1 Å². The van der Waals surface area contributed by atoms with E-state index >= 15 is 0 Å². The second-order valence-corrected chi connectivity index (χ2v) is 8.16. The molecule has 0 aliphatic carbocycles. The van der Waals surface area contributed by atoms with E-state index in [1.807, 2.05) is 0 Å². The smallest absolute Gasteiger partial charge is 0.248 e. The molecule has 0 bridgehead atoms. The van der Waals surface area contributed by atoms with Crippen LogP contribution in [0.5, 0.6) is 0 Å². The summed E-state index contributed by atoms with van der Waals surface area (Å²) in [5, 5.41) is 10.8. The van der Waals surface area contributed by atoms with Crippen LogP contribution in [-0.4, -0.2) is 33.7 Å². The number of nitrogens with one attached hydrogen (secondary N) is 3. The average molecular weight is 393 g/mol. The van der Waals surface area contributed by atoms with Crippen LogP contribution in [0.25, 0.3) is 0 Å². The maximum atomic E-state index is 12.1. The second kappa shape index (κ2) is 7.92. The first-order valence-corrected chi connectivity index (χ1v) is 9.90. The maximum absolute atomic E-state index is 12.1. The van der Waals surface area contributed by atoms with Crippen LogP contribution in [0.15, 0.2) is 11.6 Å². The highest BCUT2D eigenvalue weighted by Crippen LogP contribution is 2.25. The minimum absolute atomic E-state index is 0.100. The molecule has 1 unspecified atom stereocenters. The number of hydrogen-bond acceptors (Lipinski definition) is 7. The Morgan fingerprint density at radius 2 is 2.15 bits per heavy atom. The molecule has 1 aliphatic rings. The van der Waals surface area contributed by atoms with Gasteiger partial charge in [0.15, 0.2) is 10.3 Å². The van der Waals surface area contributed by atoms with Crippen molar-refractivity contribution in [3.05, 3.63) is 22.1 Å². The highest BCUT2D eigenvalue weighted by Gasteiger charge is 2.27. The molecule has 10 heteroatoms. The van der Waals surface area contributed by atoms with Crippen LogP contribution in [0.3, 0.4) is 0 Å². The number of nitrogens with zero attached hydrogens (tertiary/aromatic N) is 2. The Morgan fingerprint density at radius 1 is 1.35 bits per heavy atom. The Kier molecular flexibility index (Phi) is 5.62. The molecule has 1 aliphatic heterocycles. The van der Waals surface area contributed by atoms with E-state index in [1.165, 1.54) is 22.7 Å². The van der Waals surface area contributed by atoms with Crippen molar-refractivity contribution >= 4 is 50.7 Å². The van der Waals surface area contributed by atoms with Crippen LogP contribution in [0.1, 0.15) is 43.2 Å². The topological polar surface area (TPSA) is 113 Å². The summed E-state index contributed by atoms with van der Waals surface area (Å²) in [5.41, 5.74) is 0.568. The van der Waals surface area contributed by atoms with Crippen LogP contribution in [-0.2, 0) is 20.8 Å². The van der Waals surface area contributed by atoms with E-state index in [2.05, 4.69) is 39.8 Å². The number of amides is 3. The lowest BCUT2D eigenvalue weighted by molar-refractivity contribution is -0.122. The summed E-state index contributed by atoms with van der Waals surface area (Å²) in [6.07, 6.45) is 2.71.